The van der Waals surface area contributed by atoms with Gasteiger partial charge in [-0.05, 0) is 54.7 Å². The van der Waals surface area contributed by atoms with Gasteiger partial charge in [-0.2, -0.15) is 4.31 Å². The molecule has 2 atom stereocenters. The van der Waals surface area contributed by atoms with E-state index < -0.39 is 10.0 Å². The van der Waals surface area contributed by atoms with Gasteiger partial charge < -0.3 is 9.64 Å². The van der Waals surface area contributed by atoms with Crippen molar-refractivity contribution in [1.82, 2.24) is 14.1 Å². The zero-order chi connectivity index (χ0) is 24.1. The normalized spacial score (nSPS) is 22.5. The molecule has 0 radical (unpaired) electrons. The second-order valence-electron chi connectivity index (χ2n) is 9.59. The minimum atomic E-state index is -3.54. The van der Waals surface area contributed by atoms with Crippen LogP contribution in [0.25, 0.3) is 0 Å². The lowest BCUT2D eigenvalue weighted by Gasteiger charge is -2.35. The fourth-order valence-electron chi connectivity index (χ4n) is 4.89. The molecule has 2 saturated heterocycles. The first kappa shape index (κ1) is 24.7. The molecule has 4 rings (SSSR count). The molecule has 2 aliphatic heterocycles. The van der Waals surface area contributed by atoms with Crippen molar-refractivity contribution in [3.05, 3.63) is 60.2 Å². The Balaban J connectivity index is 1.28. The molecule has 0 saturated carbocycles. The van der Waals surface area contributed by atoms with Crippen LogP contribution in [0.2, 0.25) is 0 Å². The molecular weight excluding hydrogens is 450 g/mol. The minimum absolute atomic E-state index is 0.0515. The summed E-state index contributed by atoms with van der Waals surface area (Å²) in [5.74, 6) is 1.52. The molecule has 0 bridgehead atoms. The molecule has 0 spiro atoms. The van der Waals surface area contributed by atoms with Crippen molar-refractivity contribution in [2.24, 2.45) is 11.8 Å². The van der Waals surface area contributed by atoms with Crippen LogP contribution in [0.1, 0.15) is 30.6 Å². The van der Waals surface area contributed by atoms with Crippen molar-refractivity contribution in [3.8, 4) is 5.75 Å². The van der Waals surface area contributed by atoms with Crippen molar-refractivity contribution in [3.63, 3.8) is 0 Å². The monoisotopic (exact) mass is 485 g/mol. The number of hydrogen-bond donors (Lipinski definition) is 0. The van der Waals surface area contributed by atoms with Crippen LogP contribution >= 0.6 is 0 Å². The van der Waals surface area contributed by atoms with E-state index in [9.17, 15) is 13.2 Å². The van der Waals surface area contributed by atoms with E-state index in [0.29, 0.717) is 50.2 Å². The number of carbonyl (C=O) groups excluding carboxylic acids is 1. The number of ether oxygens (including phenoxy) is 1. The van der Waals surface area contributed by atoms with Crippen LogP contribution in [0, 0.1) is 11.8 Å². The van der Waals surface area contributed by atoms with E-state index in [4.69, 9.17) is 4.74 Å². The van der Waals surface area contributed by atoms with Crippen molar-refractivity contribution in [2.45, 2.75) is 25.2 Å². The molecule has 1 amide bonds. The summed E-state index contributed by atoms with van der Waals surface area (Å²) in [6, 6.07) is 16.2. The minimum Gasteiger partial charge on any atom is -0.492 e. The summed E-state index contributed by atoms with van der Waals surface area (Å²) >= 11 is 0. The largest absolute Gasteiger partial charge is 0.492 e. The van der Waals surface area contributed by atoms with E-state index in [-0.39, 0.29) is 10.8 Å². The molecule has 2 aromatic rings. The molecule has 2 unspecified atom stereocenters. The number of carbonyl (C=O) groups is 1. The third kappa shape index (κ3) is 5.98. The second kappa shape index (κ2) is 10.9. The number of nitrogens with zero attached hydrogens (tertiary/aromatic N) is 3. The first-order valence-corrected chi connectivity index (χ1v) is 13.6. The quantitative estimate of drug-likeness (QED) is 0.603. The number of piperazine rings is 1. The lowest BCUT2D eigenvalue weighted by atomic mass is 9.94. The Labute approximate surface area is 203 Å². The fraction of sp³-hybridized carbons (Fsp3) is 0.500. The van der Waals surface area contributed by atoms with Crippen molar-refractivity contribution in [2.75, 3.05) is 52.4 Å². The number of piperidine rings is 1. The summed E-state index contributed by atoms with van der Waals surface area (Å²) in [6.07, 6.45) is 1.05. The van der Waals surface area contributed by atoms with E-state index in [1.807, 2.05) is 35.2 Å². The average molecular weight is 486 g/mol. The Morgan fingerprint density at radius 1 is 0.912 bits per heavy atom. The predicted octanol–water partition coefficient (Wildman–Crippen LogP) is 3.19. The highest BCUT2D eigenvalue weighted by atomic mass is 32.2. The number of amides is 1. The number of hydrogen-bond acceptors (Lipinski definition) is 5. The van der Waals surface area contributed by atoms with Gasteiger partial charge in [0.25, 0.3) is 5.91 Å². The van der Waals surface area contributed by atoms with Gasteiger partial charge in [0.1, 0.15) is 12.4 Å². The number of rotatable bonds is 7. The molecule has 2 aliphatic rings. The molecule has 8 heteroatoms. The molecule has 34 heavy (non-hydrogen) atoms. The van der Waals surface area contributed by atoms with Crippen molar-refractivity contribution >= 4 is 15.9 Å². The topological polar surface area (TPSA) is 70.2 Å². The van der Waals surface area contributed by atoms with Gasteiger partial charge in [0, 0.05) is 51.4 Å². The third-order valence-electron chi connectivity index (χ3n) is 6.65. The number of benzene rings is 2. The first-order chi connectivity index (χ1) is 16.3. The molecule has 7 nitrogen and oxygen atoms in total. The highest BCUT2D eigenvalue weighted by Crippen LogP contribution is 2.27. The Morgan fingerprint density at radius 2 is 1.53 bits per heavy atom. The number of sulfonamides is 1. The van der Waals surface area contributed by atoms with Crippen LogP contribution in [-0.2, 0) is 10.0 Å². The molecule has 0 aliphatic carbocycles. The zero-order valence-corrected chi connectivity index (χ0v) is 20.9. The van der Waals surface area contributed by atoms with Crippen LogP contribution in [0.15, 0.2) is 59.5 Å². The highest BCUT2D eigenvalue weighted by molar-refractivity contribution is 7.89. The van der Waals surface area contributed by atoms with Gasteiger partial charge in [0.2, 0.25) is 10.0 Å². The first-order valence-electron chi connectivity index (χ1n) is 12.1. The van der Waals surface area contributed by atoms with Gasteiger partial charge in [-0.15, -0.1) is 0 Å². The molecular formula is C26H35N3O4S. The van der Waals surface area contributed by atoms with E-state index >= 15 is 0 Å². The molecule has 2 fully saturated rings. The highest BCUT2D eigenvalue weighted by Gasteiger charge is 2.32. The molecule has 0 aromatic heterocycles. The Hall–Kier alpha value is -2.42. The molecule has 2 heterocycles. The van der Waals surface area contributed by atoms with Crippen LogP contribution < -0.4 is 4.74 Å². The molecule has 2 aromatic carbocycles. The van der Waals surface area contributed by atoms with E-state index in [2.05, 4.69) is 18.7 Å². The number of para-hydroxylation sites is 1. The second-order valence-corrected chi connectivity index (χ2v) is 11.5. The smallest absolute Gasteiger partial charge is 0.253 e. The van der Waals surface area contributed by atoms with Crippen LogP contribution in [-0.4, -0.2) is 80.9 Å². The van der Waals surface area contributed by atoms with E-state index in [1.54, 1.807) is 28.6 Å². The summed E-state index contributed by atoms with van der Waals surface area (Å²) in [7, 11) is -3.54. The maximum Gasteiger partial charge on any atom is 0.253 e. The van der Waals surface area contributed by atoms with Crippen molar-refractivity contribution in [1.29, 1.82) is 0 Å². The van der Waals surface area contributed by atoms with Gasteiger partial charge in [0.05, 0.1) is 4.90 Å². The Bertz CT molecular complexity index is 1040. The lowest BCUT2D eigenvalue weighted by molar-refractivity contribution is 0.0620. The summed E-state index contributed by atoms with van der Waals surface area (Å²) < 4.78 is 33.5. The van der Waals surface area contributed by atoms with Gasteiger partial charge in [-0.3, -0.25) is 9.69 Å². The van der Waals surface area contributed by atoms with Gasteiger partial charge >= 0.3 is 0 Å². The van der Waals surface area contributed by atoms with Crippen molar-refractivity contribution < 1.29 is 17.9 Å². The average Bonchev–Trinajstić information content (AvgIpc) is 2.84. The van der Waals surface area contributed by atoms with E-state index in [0.717, 1.165) is 31.8 Å². The van der Waals surface area contributed by atoms with Crippen LogP contribution in [0.3, 0.4) is 0 Å². The summed E-state index contributed by atoms with van der Waals surface area (Å²) in [4.78, 5) is 17.4. The van der Waals surface area contributed by atoms with Crippen LogP contribution in [0.5, 0.6) is 5.75 Å². The van der Waals surface area contributed by atoms with Gasteiger partial charge in [-0.1, -0.05) is 32.0 Å². The molecule has 0 N–H and O–H groups in total. The fourth-order valence-corrected chi connectivity index (χ4v) is 6.57. The zero-order valence-electron chi connectivity index (χ0n) is 20.1. The summed E-state index contributed by atoms with van der Waals surface area (Å²) in [5.41, 5.74) is 0.528. The summed E-state index contributed by atoms with van der Waals surface area (Å²) in [6.45, 7) is 9.60. The van der Waals surface area contributed by atoms with E-state index in [1.165, 1.54) is 0 Å². The lowest BCUT2D eigenvalue weighted by Crippen LogP contribution is -2.49. The maximum absolute atomic E-state index is 13.1. The third-order valence-corrected chi connectivity index (χ3v) is 8.50. The van der Waals surface area contributed by atoms with Gasteiger partial charge in [-0.25, -0.2) is 8.42 Å². The standard InChI is InChI=1S/C26H35N3O4S/c1-21-18-22(2)20-29(19-21)34(31,32)25-10-8-23(9-11-25)26(30)28-14-12-27(13-15-28)16-17-33-24-6-4-3-5-7-24/h3-11,21-22H,12-20H2,1-2H3. The van der Waals surface area contributed by atoms with Gasteiger partial charge in [0.15, 0.2) is 0 Å². The predicted molar refractivity (Wildman–Crippen MR) is 132 cm³/mol. The Morgan fingerprint density at radius 3 is 2.15 bits per heavy atom. The molecule has 184 valence electrons. The summed E-state index contributed by atoms with van der Waals surface area (Å²) in [5, 5.41) is 0. The maximum atomic E-state index is 13.1. The van der Waals surface area contributed by atoms with Crippen LogP contribution in [0.4, 0.5) is 0 Å². The Kier molecular flexibility index (Phi) is 7.91. The SMILES string of the molecule is CC1CC(C)CN(S(=O)(=O)c2ccc(C(=O)N3CCN(CCOc4ccccc4)CC3)cc2)C1.